The van der Waals surface area contributed by atoms with Gasteiger partial charge in [-0.05, 0) is 11.8 Å². The van der Waals surface area contributed by atoms with Crippen LogP contribution in [-0.4, -0.2) is 11.7 Å². The molecule has 0 saturated heterocycles. The third kappa shape index (κ3) is 4.53. The van der Waals surface area contributed by atoms with Crippen molar-refractivity contribution in [2.45, 2.75) is 6.92 Å². The second-order valence-electron chi connectivity index (χ2n) is 1.30. The van der Waals surface area contributed by atoms with E-state index in [0.29, 0.717) is 0 Å². The molecule has 3 heteroatoms. The molecule has 0 unspecified atom stereocenters. The minimum atomic E-state index is 0.969. The maximum atomic E-state index is 3.31. The van der Waals surface area contributed by atoms with Crippen LogP contribution < -0.4 is 5.32 Å². The molecule has 48 valence electrons. The third-order valence-corrected chi connectivity index (χ3v) is 2.00. The van der Waals surface area contributed by atoms with Gasteiger partial charge in [-0.1, -0.05) is 15.9 Å². The quantitative estimate of drug-likeness (QED) is 0.694. The Morgan fingerprint density at radius 3 is 2.88 bits per heavy atom. The molecular weight excluding hydrogens is 186 g/mol. The van der Waals surface area contributed by atoms with E-state index in [1.807, 2.05) is 13.2 Å². The fourth-order valence-corrected chi connectivity index (χ4v) is 1.79. The van der Waals surface area contributed by atoms with Crippen molar-refractivity contribution in [2.75, 3.05) is 11.7 Å². The Kier molecular flexibility index (Phi) is 5.76. The van der Waals surface area contributed by atoms with Crippen molar-refractivity contribution >= 4 is 27.7 Å². The summed E-state index contributed by atoms with van der Waals surface area (Å²) >= 11 is 5.09. The summed E-state index contributed by atoms with van der Waals surface area (Å²) in [7, 11) is 1.90. The lowest BCUT2D eigenvalue weighted by atomic mass is 10.7. The number of allylic oxidation sites excluding steroid dienone is 1. The van der Waals surface area contributed by atoms with Crippen LogP contribution in [0.15, 0.2) is 11.1 Å². The second-order valence-corrected chi connectivity index (χ2v) is 3.82. The van der Waals surface area contributed by atoms with Gasteiger partial charge in [0, 0.05) is 13.2 Å². The number of halogens is 1. The Morgan fingerprint density at radius 2 is 2.50 bits per heavy atom. The monoisotopic (exact) mass is 195 g/mol. The van der Waals surface area contributed by atoms with Gasteiger partial charge in [-0.3, -0.25) is 0 Å². The molecule has 0 rings (SSSR count). The van der Waals surface area contributed by atoms with Crippen molar-refractivity contribution < 1.29 is 0 Å². The molecular formula is C5H10BrNS. The molecule has 8 heavy (non-hydrogen) atoms. The zero-order valence-electron chi connectivity index (χ0n) is 5.07. The van der Waals surface area contributed by atoms with Gasteiger partial charge in [-0.15, -0.1) is 11.8 Å². The molecule has 0 spiro atoms. The van der Waals surface area contributed by atoms with Crippen LogP contribution in [0.1, 0.15) is 6.92 Å². The van der Waals surface area contributed by atoms with E-state index in [1.54, 1.807) is 11.8 Å². The maximum Gasteiger partial charge on any atom is 0.0534 e. The molecule has 0 aromatic carbocycles. The standard InChI is InChI=1S/C5H10BrNS/c1-5(3-7-2)8-4-6/h3,7H,4H2,1-2H3/b5-3-. The fourth-order valence-electron chi connectivity index (χ4n) is 0.331. The van der Waals surface area contributed by atoms with Crippen LogP contribution in [0.5, 0.6) is 0 Å². The first-order valence-corrected chi connectivity index (χ1v) is 4.44. The van der Waals surface area contributed by atoms with E-state index in [-0.39, 0.29) is 0 Å². The summed E-state index contributed by atoms with van der Waals surface area (Å²) < 4.78 is 0.969. The molecule has 0 fully saturated rings. The summed E-state index contributed by atoms with van der Waals surface area (Å²) in [6, 6.07) is 0. The fraction of sp³-hybridized carbons (Fsp3) is 0.600. The highest BCUT2D eigenvalue weighted by Crippen LogP contribution is 2.14. The first-order valence-electron chi connectivity index (χ1n) is 2.34. The molecule has 0 aliphatic rings. The molecule has 0 heterocycles. The van der Waals surface area contributed by atoms with Crippen molar-refractivity contribution in [1.82, 2.24) is 5.32 Å². The molecule has 0 amide bonds. The number of thioether (sulfide) groups is 1. The number of hydrogen-bond acceptors (Lipinski definition) is 2. The van der Waals surface area contributed by atoms with Gasteiger partial charge in [0.1, 0.15) is 0 Å². The molecule has 1 nitrogen and oxygen atoms in total. The van der Waals surface area contributed by atoms with E-state index in [2.05, 4.69) is 28.2 Å². The Bertz CT molecular complexity index is 82.5. The number of alkyl halides is 1. The van der Waals surface area contributed by atoms with Gasteiger partial charge >= 0.3 is 0 Å². The average Bonchev–Trinajstić information content (AvgIpc) is 1.68. The highest BCUT2D eigenvalue weighted by atomic mass is 79.9. The van der Waals surface area contributed by atoms with E-state index >= 15 is 0 Å². The lowest BCUT2D eigenvalue weighted by molar-refractivity contribution is 1.09. The first-order chi connectivity index (χ1) is 3.81. The number of rotatable bonds is 3. The zero-order chi connectivity index (χ0) is 6.41. The van der Waals surface area contributed by atoms with E-state index in [9.17, 15) is 0 Å². The predicted octanol–water partition coefficient (Wildman–Crippen LogP) is 2.15. The zero-order valence-corrected chi connectivity index (χ0v) is 7.47. The minimum Gasteiger partial charge on any atom is -0.393 e. The molecule has 0 aliphatic carbocycles. The van der Waals surface area contributed by atoms with Crippen LogP contribution in [-0.2, 0) is 0 Å². The summed E-state index contributed by atoms with van der Waals surface area (Å²) in [4.78, 5) is 1.30. The topological polar surface area (TPSA) is 12.0 Å². The normalized spacial score (nSPS) is 11.6. The largest absolute Gasteiger partial charge is 0.393 e. The summed E-state index contributed by atoms with van der Waals surface area (Å²) in [6.07, 6.45) is 1.98. The van der Waals surface area contributed by atoms with Crippen LogP contribution in [0.3, 0.4) is 0 Å². The van der Waals surface area contributed by atoms with Gasteiger partial charge in [-0.2, -0.15) is 0 Å². The minimum absolute atomic E-state index is 0.969. The van der Waals surface area contributed by atoms with E-state index in [1.165, 1.54) is 4.91 Å². The molecule has 1 N–H and O–H groups in total. The molecule has 0 aromatic rings. The number of hydrogen-bond donors (Lipinski definition) is 1. The van der Waals surface area contributed by atoms with Crippen LogP contribution in [0, 0.1) is 0 Å². The average molecular weight is 196 g/mol. The van der Waals surface area contributed by atoms with E-state index < -0.39 is 0 Å². The van der Waals surface area contributed by atoms with Crippen molar-refractivity contribution in [3.63, 3.8) is 0 Å². The molecule has 0 aromatic heterocycles. The number of nitrogens with one attached hydrogen (secondary N) is 1. The molecule has 0 radical (unpaired) electrons. The second kappa shape index (κ2) is 5.51. The highest BCUT2D eigenvalue weighted by Gasteiger charge is 1.83. The van der Waals surface area contributed by atoms with Crippen molar-refractivity contribution in [3.8, 4) is 0 Å². The van der Waals surface area contributed by atoms with Gasteiger partial charge in [0.25, 0.3) is 0 Å². The van der Waals surface area contributed by atoms with Gasteiger partial charge in [0.2, 0.25) is 0 Å². The summed E-state index contributed by atoms with van der Waals surface area (Å²) in [6.45, 7) is 2.07. The Labute approximate surface area is 63.0 Å². The van der Waals surface area contributed by atoms with Crippen LogP contribution in [0.4, 0.5) is 0 Å². The van der Waals surface area contributed by atoms with Crippen LogP contribution in [0.2, 0.25) is 0 Å². The summed E-state index contributed by atoms with van der Waals surface area (Å²) in [5.41, 5.74) is 0. The Balaban J connectivity index is 3.29. The highest BCUT2D eigenvalue weighted by molar-refractivity contribution is 9.11. The molecule has 0 atom stereocenters. The van der Waals surface area contributed by atoms with Gasteiger partial charge in [0.15, 0.2) is 0 Å². The van der Waals surface area contributed by atoms with Gasteiger partial charge < -0.3 is 5.32 Å². The Morgan fingerprint density at radius 1 is 1.88 bits per heavy atom. The molecule has 0 saturated carbocycles. The smallest absolute Gasteiger partial charge is 0.0534 e. The van der Waals surface area contributed by atoms with Gasteiger partial charge in [-0.25, -0.2) is 0 Å². The summed E-state index contributed by atoms with van der Waals surface area (Å²) in [5.74, 6) is 0. The lowest BCUT2D eigenvalue weighted by Crippen LogP contribution is -1.92. The summed E-state index contributed by atoms with van der Waals surface area (Å²) in [5, 5.41) is 2.95. The predicted molar refractivity (Wildman–Crippen MR) is 44.2 cm³/mol. The van der Waals surface area contributed by atoms with Crippen molar-refractivity contribution in [2.24, 2.45) is 0 Å². The van der Waals surface area contributed by atoms with Gasteiger partial charge in [0.05, 0.1) is 4.66 Å². The van der Waals surface area contributed by atoms with E-state index in [4.69, 9.17) is 0 Å². The van der Waals surface area contributed by atoms with Crippen molar-refractivity contribution in [1.29, 1.82) is 0 Å². The van der Waals surface area contributed by atoms with E-state index in [0.717, 1.165) is 4.66 Å². The molecule has 0 aliphatic heterocycles. The van der Waals surface area contributed by atoms with Crippen LogP contribution >= 0.6 is 27.7 Å². The first kappa shape index (κ1) is 8.37. The lowest BCUT2D eigenvalue weighted by Gasteiger charge is -1.93. The van der Waals surface area contributed by atoms with Crippen LogP contribution in [0.25, 0.3) is 0 Å². The third-order valence-electron chi connectivity index (χ3n) is 0.630. The Hall–Kier alpha value is 0.370. The molecule has 0 bridgehead atoms. The van der Waals surface area contributed by atoms with Crippen molar-refractivity contribution in [3.05, 3.63) is 11.1 Å². The maximum absolute atomic E-state index is 3.31. The SMILES string of the molecule is CN/C=C(/C)SCBr.